The molecule has 0 unspecified atom stereocenters. The Kier molecular flexibility index (Phi) is 2.63. The van der Waals surface area contributed by atoms with E-state index >= 15 is 0 Å². The molecule has 0 radical (unpaired) electrons. The van der Waals surface area contributed by atoms with E-state index < -0.39 is 0 Å². The molecule has 4 heteroatoms. The number of H-pyrrole nitrogens is 1. The van der Waals surface area contributed by atoms with Gasteiger partial charge in [-0.05, 0) is 24.8 Å². The molecule has 1 aromatic carbocycles. The van der Waals surface area contributed by atoms with E-state index in [0.717, 1.165) is 45.5 Å². The summed E-state index contributed by atoms with van der Waals surface area (Å²) >= 11 is 0. The van der Waals surface area contributed by atoms with Gasteiger partial charge in [-0.15, -0.1) is 0 Å². The van der Waals surface area contributed by atoms with Gasteiger partial charge in [-0.2, -0.15) is 0 Å². The Bertz CT molecular complexity index is 934. The molecule has 1 aliphatic rings. The SMILES string of the molecule is Cc1nc2c(c3[nH]c4ccccc4c13)C(NO)=CC(C)(C)C2. The Morgan fingerprint density at radius 3 is 2.82 bits per heavy atom. The smallest absolute Gasteiger partial charge is 0.0679 e. The number of benzene rings is 1. The first-order valence-corrected chi connectivity index (χ1v) is 7.53. The van der Waals surface area contributed by atoms with Crippen molar-refractivity contribution < 1.29 is 5.21 Å². The van der Waals surface area contributed by atoms with Crippen molar-refractivity contribution in [3.8, 4) is 0 Å². The third-order valence-electron chi connectivity index (χ3n) is 4.46. The summed E-state index contributed by atoms with van der Waals surface area (Å²) in [5.74, 6) is 0. The summed E-state index contributed by atoms with van der Waals surface area (Å²) in [6, 6.07) is 8.25. The number of aryl methyl sites for hydroxylation is 1. The van der Waals surface area contributed by atoms with E-state index in [2.05, 4.69) is 49.4 Å². The largest absolute Gasteiger partial charge is 0.354 e. The van der Waals surface area contributed by atoms with Crippen molar-refractivity contribution in [2.75, 3.05) is 0 Å². The van der Waals surface area contributed by atoms with Gasteiger partial charge in [0.05, 0.1) is 16.9 Å². The van der Waals surface area contributed by atoms with Crippen LogP contribution in [0.5, 0.6) is 0 Å². The van der Waals surface area contributed by atoms with E-state index in [1.807, 2.05) is 12.1 Å². The van der Waals surface area contributed by atoms with E-state index in [4.69, 9.17) is 4.98 Å². The molecule has 0 spiro atoms. The number of aromatic amines is 1. The van der Waals surface area contributed by atoms with Crippen molar-refractivity contribution in [2.24, 2.45) is 5.41 Å². The fraction of sp³-hybridized carbons (Fsp3) is 0.278. The molecular formula is C18H19N3O. The van der Waals surface area contributed by atoms with E-state index in [0.29, 0.717) is 0 Å². The minimum Gasteiger partial charge on any atom is -0.354 e. The van der Waals surface area contributed by atoms with Gasteiger partial charge in [-0.1, -0.05) is 38.1 Å². The second-order valence-corrected chi connectivity index (χ2v) is 6.77. The van der Waals surface area contributed by atoms with Crippen LogP contribution in [-0.2, 0) is 6.42 Å². The van der Waals surface area contributed by atoms with Gasteiger partial charge in [0.25, 0.3) is 0 Å². The van der Waals surface area contributed by atoms with Gasteiger partial charge < -0.3 is 4.98 Å². The monoisotopic (exact) mass is 293 g/mol. The lowest BCUT2D eigenvalue weighted by atomic mass is 9.80. The van der Waals surface area contributed by atoms with Crippen LogP contribution in [0.15, 0.2) is 30.3 Å². The Morgan fingerprint density at radius 2 is 2.05 bits per heavy atom. The molecule has 0 amide bonds. The molecule has 112 valence electrons. The number of allylic oxidation sites excluding steroid dienone is 1. The first-order chi connectivity index (χ1) is 10.5. The highest BCUT2D eigenvalue weighted by Gasteiger charge is 2.29. The minimum absolute atomic E-state index is 0.0306. The van der Waals surface area contributed by atoms with Crippen molar-refractivity contribution in [1.29, 1.82) is 0 Å². The van der Waals surface area contributed by atoms with Crippen molar-refractivity contribution in [3.63, 3.8) is 0 Å². The van der Waals surface area contributed by atoms with E-state index in [1.165, 1.54) is 5.39 Å². The maximum atomic E-state index is 9.61. The molecule has 0 saturated carbocycles. The maximum Gasteiger partial charge on any atom is 0.0679 e. The number of pyridine rings is 1. The Labute approximate surface area is 128 Å². The molecule has 0 atom stereocenters. The van der Waals surface area contributed by atoms with Crippen LogP contribution in [0, 0.1) is 12.3 Å². The number of nitrogens with zero attached hydrogens (tertiary/aromatic N) is 1. The lowest BCUT2D eigenvalue weighted by Crippen LogP contribution is -2.24. The molecule has 1 aliphatic carbocycles. The molecule has 0 saturated heterocycles. The Hall–Kier alpha value is -2.33. The lowest BCUT2D eigenvalue weighted by molar-refractivity contribution is 0.222. The molecule has 0 fully saturated rings. The fourth-order valence-corrected chi connectivity index (χ4v) is 3.62. The zero-order valence-corrected chi connectivity index (χ0v) is 13.0. The summed E-state index contributed by atoms with van der Waals surface area (Å²) in [6.45, 7) is 6.36. The van der Waals surface area contributed by atoms with Gasteiger partial charge in [-0.25, -0.2) is 0 Å². The van der Waals surface area contributed by atoms with Gasteiger partial charge in [0.15, 0.2) is 0 Å². The first-order valence-electron chi connectivity index (χ1n) is 7.53. The quantitative estimate of drug-likeness (QED) is 0.596. The summed E-state index contributed by atoms with van der Waals surface area (Å²) in [4.78, 5) is 8.35. The number of hydrogen-bond acceptors (Lipinski definition) is 3. The van der Waals surface area contributed by atoms with Gasteiger partial charge in [-0.3, -0.25) is 15.7 Å². The van der Waals surface area contributed by atoms with Crippen molar-refractivity contribution >= 4 is 27.5 Å². The third kappa shape index (κ3) is 1.77. The molecule has 2 aromatic heterocycles. The summed E-state index contributed by atoms with van der Waals surface area (Å²) in [7, 11) is 0. The number of rotatable bonds is 1. The van der Waals surface area contributed by atoms with Crippen LogP contribution in [0.2, 0.25) is 0 Å². The van der Waals surface area contributed by atoms with Crippen molar-refractivity contribution in [2.45, 2.75) is 27.2 Å². The average Bonchev–Trinajstić information content (AvgIpc) is 2.84. The highest BCUT2D eigenvalue weighted by atomic mass is 16.5. The molecule has 3 aromatic rings. The topological polar surface area (TPSA) is 60.9 Å². The minimum atomic E-state index is -0.0306. The predicted molar refractivity (Wildman–Crippen MR) is 88.7 cm³/mol. The van der Waals surface area contributed by atoms with Gasteiger partial charge in [0.1, 0.15) is 0 Å². The molecule has 3 N–H and O–H groups in total. The second-order valence-electron chi connectivity index (χ2n) is 6.77. The highest BCUT2D eigenvalue weighted by Crippen LogP contribution is 2.40. The summed E-state index contributed by atoms with van der Waals surface area (Å²) in [6.07, 6.45) is 2.94. The highest BCUT2D eigenvalue weighted by molar-refractivity contribution is 6.11. The van der Waals surface area contributed by atoms with Crippen LogP contribution in [0.25, 0.3) is 27.5 Å². The molecular weight excluding hydrogens is 274 g/mol. The standard InChI is InChI=1S/C18H19N3O/c1-10-15-11-6-4-5-7-12(11)20-17(15)16-13(19-10)8-18(2,3)9-14(16)21-22/h4-7,9,20-22H,8H2,1-3H3. The molecule has 2 heterocycles. The van der Waals surface area contributed by atoms with Crippen LogP contribution in [0.4, 0.5) is 0 Å². The summed E-state index contributed by atoms with van der Waals surface area (Å²) in [5.41, 5.74) is 8.26. The second kappa shape index (κ2) is 4.34. The first kappa shape index (κ1) is 13.3. The Morgan fingerprint density at radius 1 is 1.27 bits per heavy atom. The molecule has 4 rings (SSSR count). The number of hydrogen-bond donors (Lipinski definition) is 3. The summed E-state index contributed by atoms with van der Waals surface area (Å²) < 4.78 is 0. The van der Waals surface area contributed by atoms with Crippen molar-refractivity contribution in [1.82, 2.24) is 15.4 Å². The zero-order chi connectivity index (χ0) is 15.5. The van der Waals surface area contributed by atoms with Crippen LogP contribution < -0.4 is 5.48 Å². The van der Waals surface area contributed by atoms with E-state index in [9.17, 15) is 5.21 Å². The number of nitrogens with one attached hydrogen (secondary N) is 2. The van der Waals surface area contributed by atoms with Crippen LogP contribution >= 0.6 is 0 Å². The van der Waals surface area contributed by atoms with E-state index in [-0.39, 0.29) is 5.41 Å². The van der Waals surface area contributed by atoms with Gasteiger partial charge >= 0.3 is 0 Å². The zero-order valence-electron chi connectivity index (χ0n) is 13.0. The number of para-hydroxylation sites is 1. The van der Waals surface area contributed by atoms with Crippen LogP contribution in [-0.4, -0.2) is 15.2 Å². The maximum absolute atomic E-state index is 9.61. The molecule has 4 nitrogen and oxygen atoms in total. The predicted octanol–water partition coefficient (Wildman–Crippen LogP) is 3.93. The number of hydroxylamine groups is 1. The van der Waals surface area contributed by atoms with Gasteiger partial charge in [0, 0.05) is 27.5 Å². The third-order valence-corrected chi connectivity index (χ3v) is 4.46. The van der Waals surface area contributed by atoms with Crippen molar-refractivity contribution in [3.05, 3.63) is 47.3 Å². The molecule has 0 aliphatic heterocycles. The normalized spacial score (nSPS) is 16.6. The average molecular weight is 293 g/mol. The fourth-order valence-electron chi connectivity index (χ4n) is 3.62. The lowest BCUT2D eigenvalue weighted by Gasteiger charge is -2.29. The Balaban J connectivity index is 2.16. The summed E-state index contributed by atoms with van der Waals surface area (Å²) in [5, 5.41) is 11.9. The molecule has 22 heavy (non-hydrogen) atoms. The molecule has 0 bridgehead atoms. The van der Waals surface area contributed by atoms with Crippen LogP contribution in [0.3, 0.4) is 0 Å². The van der Waals surface area contributed by atoms with Gasteiger partial charge in [0.2, 0.25) is 0 Å². The number of aromatic nitrogens is 2. The van der Waals surface area contributed by atoms with E-state index in [1.54, 1.807) is 0 Å². The van der Waals surface area contributed by atoms with Crippen LogP contribution in [0.1, 0.15) is 30.8 Å². The number of fused-ring (bicyclic) bond motifs is 5.